The maximum atomic E-state index is 13.2. The molecule has 0 N–H and O–H groups in total. The number of hydrogen-bond donors (Lipinski definition) is 0. The van der Waals surface area contributed by atoms with Crippen molar-refractivity contribution in [3.63, 3.8) is 0 Å². The van der Waals surface area contributed by atoms with E-state index in [9.17, 15) is 4.79 Å². The molecule has 1 saturated heterocycles. The number of aliphatic imine (C=N–C) groups is 1. The quantitative estimate of drug-likeness (QED) is 0.423. The number of para-hydroxylation sites is 1. The lowest BCUT2D eigenvalue weighted by Crippen LogP contribution is -2.30. The third-order valence-electron chi connectivity index (χ3n) is 5.31. The Bertz CT molecular complexity index is 1130. The lowest BCUT2D eigenvalue weighted by molar-refractivity contribution is -0.122. The Kier molecular flexibility index (Phi) is 6.81. The van der Waals surface area contributed by atoms with Crippen LogP contribution in [0.15, 0.2) is 82.8 Å². The van der Waals surface area contributed by atoms with Crippen molar-refractivity contribution in [2.45, 2.75) is 19.8 Å². The van der Waals surface area contributed by atoms with Gasteiger partial charge in [0.05, 0.1) is 10.6 Å². The predicted octanol–water partition coefficient (Wildman–Crippen LogP) is 5.95. The molecule has 0 spiro atoms. The summed E-state index contributed by atoms with van der Waals surface area (Å²) in [6.07, 6.45) is 5.97. The van der Waals surface area contributed by atoms with Gasteiger partial charge in [-0.05, 0) is 72.8 Å². The Morgan fingerprint density at radius 2 is 1.75 bits per heavy atom. The van der Waals surface area contributed by atoms with E-state index in [0.717, 1.165) is 40.8 Å². The van der Waals surface area contributed by atoms with E-state index in [4.69, 9.17) is 4.99 Å². The SMILES string of the molecule is CCCCN1C(=O)/C(=C/c2cccn2-c2ccc(N(C)C)cc2)SC1=Nc1ccccc1. The highest BCUT2D eigenvalue weighted by Gasteiger charge is 2.33. The number of amides is 1. The molecule has 0 saturated carbocycles. The Labute approximate surface area is 194 Å². The zero-order chi connectivity index (χ0) is 22.5. The summed E-state index contributed by atoms with van der Waals surface area (Å²) in [5.41, 5.74) is 4.03. The minimum absolute atomic E-state index is 0.0221. The summed E-state index contributed by atoms with van der Waals surface area (Å²) in [6.45, 7) is 2.81. The summed E-state index contributed by atoms with van der Waals surface area (Å²) >= 11 is 1.45. The molecule has 4 rings (SSSR count). The second-order valence-electron chi connectivity index (χ2n) is 7.86. The molecule has 1 aromatic heterocycles. The van der Waals surface area contributed by atoms with Crippen LogP contribution in [0.25, 0.3) is 11.8 Å². The lowest BCUT2D eigenvalue weighted by Gasteiger charge is -2.15. The van der Waals surface area contributed by atoms with Crippen LogP contribution < -0.4 is 4.90 Å². The van der Waals surface area contributed by atoms with E-state index < -0.39 is 0 Å². The first-order valence-electron chi connectivity index (χ1n) is 10.9. The van der Waals surface area contributed by atoms with E-state index >= 15 is 0 Å². The van der Waals surface area contributed by atoms with Crippen molar-refractivity contribution in [2.24, 2.45) is 4.99 Å². The van der Waals surface area contributed by atoms with Crippen LogP contribution in [0.4, 0.5) is 11.4 Å². The molecule has 1 fully saturated rings. The average molecular weight is 445 g/mol. The first-order chi connectivity index (χ1) is 15.6. The van der Waals surface area contributed by atoms with Crippen molar-refractivity contribution < 1.29 is 4.79 Å². The molecule has 1 amide bonds. The van der Waals surface area contributed by atoms with E-state index in [1.165, 1.54) is 11.8 Å². The molecule has 0 bridgehead atoms. The van der Waals surface area contributed by atoms with Gasteiger partial charge in [0.1, 0.15) is 0 Å². The van der Waals surface area contributed by atoms with Gasteiger partial charge in [0.2, 0.25) is 0 Å². The molecule has 0 radical (unpaired) electrons. The molecular formula is C26H28N4OS. The maximum absolute atomic E-state index is 13.2. The van der Waals surface area contributed by atoms with E-state index in [0.29, 0.717) is 11.4 Å². The molecule has 2 aromatic carbocycles. The monoisotopic (exact) mass is 444 g/mol. The number of nitrogens with zero attached hydrogens (tertiary/aromatic N) is 4. The largest absolute Gasteiger partial charge is 0.378 e. The molecule has 0 atom stereocenters. The van der Waals surface area contributed by atoms with Crippen LogP contribution in [-0.4, -0.2) is 41.2 Å². The zero-order valence-electron chi connectivity index (χ0n) is 18.7. The molecule has 3 aromatic rings. The van der Waals surface area contributed by atoms with Gasteiger partial charge >= 0.3 is 0 Å². The van der Waals surface area contributed by atoms with Crippen LogP contribution in [0.3, 0.4) is 0 Å². The van der Waals surface area contributed by atoms with E-state index in [1.54, 1.807) is 0 Å². The summed E-state index contributed by atoms with van der Waals surface area (Å²) in [4.78, 5) is 22.6. The Morgan fingerprint density at radius 1 is 1.00 bits per heavy atom. The van der Waals surface area contributed by atoms with Crippen molar-refractivity contribution in [1.82, 2.24) is 9.47 Å². The van der Waals surface area contributed by atoms with Crippen LogP contribution in [0, 0.1) is 0 Å². The van der Waals surface area contributed by atoms with E-state index in [1.807, 2.05) is 73.7 Å². The number of unbranched alkanes of at least 4 members (excludes halogenated alkanes) is 1. The topological polar surface area (TPSA) is 40.8 Å². The van der Waals surface area contributed by atoms with Crippen LogP contribution in [0.5, 0.6) is 0 Å². The molecule has 5 nitrogen and oxygen atoms in total. The fraction of sp³-hybridized carbons (Fsp3) is 0.231. The second kappa shape index (κ2) is 9.92. The predicted molar refractivity (Wildman–Crippen MR) is 136 cm³/mol. The summed E-state index contributed by atoms with van der Waals surface area (Å²) in [7, 11) is 4.06. The van der Waals surface area contributed by atoms with Gasteiger partial charge in [-0.1, -0.05) is 31.5 Å². The number of anilines is 1. The highest BCUT2D eigenvalue weighted by Crippen LogP contribution is 2.34. The third-order valence-corrected chi connectivity index (χ3v) is 6.31. The van der Waals surface area contributed by atoms with E-state index in [-0.39, 0.29) is 5.91 Å². The molecule has 1 aliphatic rings. The standard InChI is InChI=1S/C26H28N4OS/c1-4-5-17-30-25(31)24(32-26(30)27-20-10-7-6-8-11-20)19-23-12-9-18-29(23)22-15-13-21(14-16-22)28(2)3/h6-16,18-19H,4-5,17H2,1-3H3/b24-19-,27-26?. The van der Waals surface area contributed by atoms with Crippen molar-refractivity contribution in [3.05, 3.63) is 83.5 Å². The van der Waals surface area contributed by atoms with Crippen LogP contribution in [0.2, 0.25) is 0 Å². The zero-order valence-corrected chi connectivity index (χ0v) is 19.5. The van der Waals surface area contributed by atoms with Crippen molar-refractivity contribution in [1.29, 1.82) is 0 Å². The van der Waals surface area contributed by atoms with Gasteiger partial charge < -0.3 is 9.47 Å². The van der Waals surface area contributed by atoms with Crippen LogP contribution in [-0.2, 0) is 4.79 Å². The highest BCUT2D eigenvalue weighted by molar-refractivity contribution is 8.18. The number of hydrogen-bond acceptors (Lipinski definition) is 4. The average Bonchev–Trinajstić information content (AvgIpc) is 3.38. The normalized spacial score (nSPS) is 16.3. The number of thioether (sulfide) groups is 1. The lowest BCUT2D eigenvalue weighted by atomic mass is 10.2. The number of benzene rings is 2. The molecule has 1 aliphatic heterocycles. The number of carbonyl (C=O) groups excluding carboxylic acids is 1. The maximum Gasteiger partial charge on any atom is 0.266 e. The fourth-order valence-electron chi connectivity index (χ4n) is 3.51. The van der Waals surface area contributed by atoms with Crippen molar-refractivity contribution >= 4 is 40.3 Å². The van der Waals surface area contributed by atoms with Gasteiger partial charge in [0.15, 0.2) is 5.17 Å². The van der Waals surface area contributed by atoms with Crippen molar-refractivity contribution in [2.75, 3.05) is 25.5 Å². The fourth-order valence-corrected chi connectivity index (χ4v) is 4.52. The Morgan fingerprint density at radius 3 is 2.44 bits per heavy atom. The molecule has 0 aliphatic carbocycles. The highest BCUT2D eigenvalue weighted by atomic mass is 32.2. The van der Waals surface area contributed by atoms with Gasteiger partial charge in [-0.25, -0.2) is 4.99 Å². The van der Waals surface area contributed by atoms with Gasteiger partial charge in [-0.15, -0.1) is 0 Å². The number of carbonyl (C=O) groups is 1. The van der Waals surface area contributed by atoms with Crippen LogP contribution >= 0.6 is 11.8 Å². The Balaban J connectivity index is 1.65. The van der Waals surface area contributed by atoms with Gasteiger partial charge in [-0.2, -0.15) is 0 Å². The molecule has 2 heterocycles. The first kappa shape index (κ1) is 22.0. The molecular weight excluding hydrogens is 416 g/mol. The number of rotatable bonds is 7. The first-order valence-corrected chi connectivity index (χ1v) is 11.7. The van der Waals surface area contributed by atoms with Gasteiger partial charge in [0, 0.05) is 43.9 Å². The van der Waals surface area contributed by atoms with Gasteiger partial charge in [-0.3, -0.25) is 9.69 Å². The Hall–Kier alpha value is -3.25. The molecule has 6 heteroatoms. The number of aromatic nitrogens is 1. The van der Waals surface area contributed by atoms with Gasteiger partial charge in [0.25, 0.3) is 5.91 Å². The minimum Gasteiger partial charge on any atom is -0.378 e. The van der Waals surface area contributed by atoms with E-state index in [2.05, 4.69) is 40.7 Å². The second-order valence-corrected chi connectivity index (χ2v) is 8.87. The van der Waals surface area contributed by atoms with Crippen molar-refractivity contribution in [3.8, 4) is 5.69 Å². The number of amidine groups is 1. The third kappa shape index (κ3) is 4.81. The summed E-state index contributed by atoms with van der Waals surface area (Å²) in [5.74, 6) is 0.0221. The minimum atomic E-state index is 0.0221. The summed E-state index contributed by atoms with van der Waals surface area (Å²) in [6, 6.07) is 22.2. The molecule has 32 heavy (non-hydrogen) atoms. The molecule has 0 unspecified atom stereocenters. The molecule has 164 valence electrons. The summed E-state index contributed by atoms with van der Waals surface area (Å²) in [5, 5.41) is 0.745. The van der Waals surface area contributed by atoms with Crippen LogP contribution in [0.1, 0.15) is 25.5 Å². The smallest absolute Gasteiger partial charge is 0.266 e. The summed E-state index contributed by atoms with van der Waals surface area (Å²) < 4.78 is 2.10.